The maximum Gasteiger partial charge on any atom is 0.159 e. The summed E-state index contributed by atoms with van der Waals surface area (Å²) >= 11 is 3.28. The Morgan fingerprint density at radius 1 is 0.571 bits per heavy atom. The standard InChI is InChI=1S/C16H14O.C8H7BrO.C8H8/c1-13(17)16-11-9-15(10-12-16)8-7-14-5-3-2-4-6-14;1-6(10)7-2-4-8(9)5-3-7;1-2-8-6-4-3-5-7-8/h2-12H,1H3;2-5H,1H3;2-7H,1H2/b8-7+;;. The van der Waals surface area contributed by atoms with Crippen LogP contribution >= 0.6 is 15.9 Å². The topological polar surface area (TPSA) is 34.1 Å². The van der Waals surface area contributed by atoms with Crippen molar-refractivity contribution in [2.75, 3.05) is 0 Å². The SMILES string of the molecule is C=Cc1ccccc1.CC(=O)c1ccc(/C=C/c2ccccc2)cc1.CC(=O)c1ccc(Br)cc1. The summed E-state index contributed by atoms with van der Waals surface area (Å²) in [5.41, 5.74) is 4.94. The zero-order valence-corrected chi connectivity index (χ0v) is 21.6. The highest BCUT2D eigenvalue weighted by Crippen LogP contribution is 2.11. The van der Waals surface area contributed by atoms with E-state index in [-0.39, 0.29) is 11.6 Å². The van der Waals surface area contributed by atoms with Crippen molar-refractivity contribution in [3.05, 3.63) is 148 Å². The lowest BCUT2D eigenvalue weighted by Crippen LogP contribution is -1.90. The van der Waals surface area contributed by atoms with E-state index >= 15 is 0 Å². The summed E-state index contributed by atoms with van der Waals surface area (Å²) in [5, 5.41) is 0. The molecule has 0 amide bonds. The highest BCUT2D eigenvalue weighted by Gasteiger charge is 1.97. The summed E-state index contributed by atoms with van der Waals surface area (Å²) in [6.07, 6.45) is 5.93. The number of carbonyl (C=O) groups is 2. The van der Waals surface area contributed by atoms with Crippen LogP contribution in [0.15, 0.2) is 120 Å². The van der Waals surface area contributed by atoms with Crippen LogP contribution < -0.4 is 0 Å². The van der Waals surface area contributed by atoms with Gasteiger partial charge in [-0.15, -0.1) is 0 Å². The Hall–Kier alpha value is -3.82. The summed E-state index contributed by atoms with van der Waals surface area (Å²) in [5.74, 6) is 0.205. The minimum Gasteiger partial charge on any atom is -0.295 e. The molecule has 0 bridgehead atoms. The van der Waals surface area contributed by atoms with Gasteiger partial charge in [-0.1, -0.05) is 138 Å². The van der Waals surface area contributed by atoms with Gasteiger partial charge in [-0.05, 0) is 42.7 Å². The van der Waals surface area contributed by atoms with Crippen molar-refractivity contribution in [3.8, 4) is 0 Å². The van der Waals surface area contributed by atoms with Crippen LogP contribution in [0.5, 0.6) is 0 Å². The van der Waals surface area contributed by atoms with Crippen molar-refractivity contribution in [2.24, 2.45) is 0 Å². The van der Waals surface area contributed by atoms with E-state index in [1.54, 1.807) is 26.0 Å². The molecule has 0 unspecified atom stereocenters. The van der Waals surface area contributed by atoms with Gasteiger partial charge in [0.25, 0.3) is 0 Å². The first-order valence-electron chi connectivity index (χ1n) is 11.2. The van der Waals surface area contributed by atoms with Gasteiger partial charge in [0, 0.05) is 15.6 Å². The number of rotatable bonds is 5. The Balaban J connectivity index is 0.000000204. The molecule has 35 heavy (non-hydrogen) atoms. The van der Waals surface area contributed by atoms with E-state index < -0.39 is 0 Å². The lowest BCUT2D eigenvalue weighted by atomic mass is 10.1. The number of hydrogen-bond donors (Lipinski definition) is 0. The van der Waals surface area contributed by atoms with Crippen molar-refractivity contribution in [1.82, 2.24) is 0 Å². The quantitative estimate of drug-likeness (QED) is 0.192. The first-order chi connectivity index (χ1) is 16.9. The van der Waals surface area contributed by atoms with E-state index in [1.807, 2.05) is 97.1 Å². The third-order valence-electron chi connectivity index (χ3n) is 4.87. The predicted octanol–water partition coefficient (Wildman–Crippen LogP) is 9.04. The van der Waals surface area contributed by atoms with Gasteiger partial charge >= 0.3 is 0 Å². The van der Waals surface area contributed by atoms with Crippen LogP contribution in [-0.2, 0) is 0 Å². The van der Waals surface area contributed by atoms with Crippen LogP contribution in [0.25, 0.3) is 18.2 Å². The third-order valence-corrected chi connectivity index (χ3v) is 5.40. The monoisotopic (exact) mass is 524 g/mol. The average molecular weight is 525 g/mol. The van der Waals surface area contributed by atoms with Crippen LogP contribution in [0.2, 0.25) is 0 Å². The van der Waals surface area contributed by atoms with Crippen LogP contribution in [0, 0.1) is 0 Å². The zero-order chi connectivity index (χ0) is 25.5. The van der Waals surface area contributed by atoms with Crippen molar-refractivity contribution in [3.63, 3.8) is 0 Å². The Kier molecular flexibility index (Phi) is 11.9. The van der Waals surface area contributed by atoms with E-state index in [0.717, 1.165) is 21.2 Å². The van der Waals surface area contributed by atoms with E-state index in [2.05, 4.69) is 40.7 Å². The fourth-order valence-corrected chi connectivity index (χ4v) is 3.12. The van der Waals surface area contributed by atoms with Crippen LogP contribution in [-0.4, -0.2) is 11.6 Å². The van der Waals surface area contributed by atoms with Gasteiger partial charge in [-0.3, -0.25) is 9.59 Å². The maximum absolute atomic E-state index is 11.1. The maximum atomic E-state index is 11.1. The Bertz CT molecular complexity index is 1220. The molecule has 3 heteroatoms. The molecule has 0 fully saturated rings. The van der Waals surface area contributed by atoms with Gasteiger partial charge in [0.2, 0.25) is 0 Å². The fourth-order valence-electron chi connectivity index (χ4n) is 2.86. The predicted molar refractivity (Wildman–Crippen MR) is 152 cm³/mol. The number of halogens is 1. The normalized spacial score (nSPS) is 9.80. The molecule has 0 N–H and O–H groups in total. The summed E-state index contributed by atoms with van der Waals surface area (Å²) in [4.78, 5) is 21.9. The van der Waals surface area contributed by atoms with Crippen molar-refractivity contribution in [2.45, 2.75) is 13.8 Å². The number of carbonyl (C=O) groups excluding carboxylic acids is 2. The average Bonchev–Trinajstić information content (AvgIpc) is 2.90. The smallest absolute Gasteiger partial charge is 0.159 e. The molecule has 4 aromatic rings. The van der Waals surface area contributed by atoms with Gasteiger partial charge in [-0.2, -0.15) is 0 Å². The molecule has 0 atom stereocenters. The highest BCUT2D eigenvalue weighted by atomic mass is 79.9. The molecule has 0 radical (unpaired) electrons. The lowest BCUT2D eigenvalue weighted by Gasteiger charge is -1.97. The van der Waals surface area contributed by atoms with Gasteiger partial charge in [0.15, 0.2) is 11.6 Å². The van der Waals surface area contributed by atoms with Crippen molar-refractivity contribution in [1.29, 1.82) is 0 Å². The number of Topliss-reactive ketones (excluding diaryl/α,β-unsaturated/α-hetero) is 2. The second-order valence-electron chi connectivity index (χ2n) is 7.60. The highest BCUT2D eigenvalue weighted by molar-refractivity contribution is 9.10. The Labute approximate surface area is 216 Å². The van der Waals surface area contributed by atoms with Crippen molar-refractivity contribution < 1.29 is 9.59 Å². The number of benzene rings is 4. The van der Waals surface area contributed by atoms with Gasteiger partial charge < -0.3 is 0 Å². The van der Waals surface area contributed by atoms with E-state index in [9.17, 15) is 9.59 Å². The molecule has 0 spiro atoms. The Morgan fingerprint density at radius 3 is 1.31 bits per heavy atom. The molecule has 2 nitrogen and oxygen atoms in total. The summed E-state index contributed by atoms with van der Waals surface area (Å²) < 4.78 is 0.998. The van der Waals surface area contributed by atoms with Crippen LogP contribution in [0.3, 0.4) is 0 Å². The summed E-state index contributed by atoms with van der Waals surface area (Å²) in [6, 6.07) is 35.1. The summed E-state index contributed by atoms with van der Waals surface area (Å²) in [7, 11) is 0. The molecule has 4 aromatic carbocycles. The van der Waals surface area contributed by atoms with Gasteiger partial charge in [-0.25, -0.2) is 0 Å². The van der Waals surface area contributed by atoms with E-state index in [4.69, 9.17) is 0 Å². The second-order valence-corrected chi connectivity index (χ2v) is 8.52. The molecule has 0 aliphatic heterocycles. The molecule has 4 rings (SSSR count). The molecule has 0 aromatic heterocycles. The molecule has 176 valence electrons. The number of hydrogen-bond acceptors (Lipinski definition) is 2. The summed E-state index contributed by atoms with van der Waals surface area (Å²) in [6.45, 7) is 6.77. The zero-order valence-electron chi connectivity index (χ0n) is 20.0. The molecular weight excluding hydrogens is 496 g/mol. The largest absolute Gasteiger partial charge is 0.295 e. The van der Waals surface area contributed by atoms with Crippen LogP contribution in [0.4, 0.5) is 0 Å². The lowest BCUT2D eigenvalue weighted by molar-refractivity contribution is 0.100. The van der Waals surface area contributed by atoms with Crippen molar-refractivity contribution >= 4 is 45.7 Å². The Morgan fingerprint density at radius 2 is 0.943 bits per heavy atom. The number of ketones is 2. The minimum absolute atomic E-state index is 0.101. The molecule has 0 aliphatic rings. The molecular formula is C32H29BrO2. The first-order valence-corrected chi connectivity index (χ1v) is 12.0. The molecule has 0 saturated heterocycles. The molecule has 0 heterocycles. The van der Waals surface area contributed by atoms with E-state index in [0.29, 0.717) is 0 Å². The second kappa shape index (κ2) is 15.2. The van der Waals surface area contributed by atoms with Gasteiger partial charge in [0.05, 0.1) is 0 Å². The third kappa shape index (κ3) is 10.8. The first kappa shape index (κ1) is 27.4. The van der Waals surface area contributed by atoms with E-state index in [1.165, 1.54) is 11.1 Å². The minimum atomic E-state index is 0.101. The molecule has 0 aliphatic carbocycles. The van der Waals surface area contributed by atoms with Gasteiger partial charge in [0.1, 0.15) is 0 Å². The molecule has 0 saturated carbocycles. The fraction of sp³-hybridized carbons (Fsp3) is 0.0625. The van der Waals surface area contributed by atoms with Crippen LogP contribution in [0.1, 0.15) is 51.3 Å².